The molecule has 1 fully saturated rings. The Hall–Kier alpha value is -2.05. The van der Waals surface area contributed by atoms with E-state index in [1.807, 2.05) is 6.92 Å². The van der Waals surface area contributed by atoms with Gasteiger partial charge >= 0.3 is 6.18 Å². The van der Waals surface area contributed by atoms with Crippen molar-refractivity contribution in [3.05, 3.63) is 35.3 Å². The summed E-state index contributed by atoms with van der Waals surface area (Å²) in [4.78, 5) is 17.5. The van der Waals surface area contributed by atoms with Gasteiger partial charge in [0.1, 0.15) is 11.3 Å². The van der Waals surface area contributed by atoms with E-state index in [9.17, 15) is 18.0 Å². The predicted molar refractivity (Wildman–Crippen MR) is 112 cm³/mol. The maximum absolute atomic E-state index is 13.2. The van der Waals surface area contributed by atoms with Crippen molar-refractivity contribution in [1.82, 2.24) is 14.7 Å². The van der Waals surface area contributed by atoms with Crippen molar-refractivity contribution >= 4 is 11.6 Å². The number of fused-ring (bicyclic) bond motifs is 1. The lowest BCUT2D eigenvalue weighted by Gasteiger charge is -2.20. The molecule has 0 unspecified atom stereocenters. The van der Waals surface area contributed by atoms with Gasteiger partial charge in [-0.1, -0.05) is 64.7 Å². The Kier molecular flexibility index (Phi) is 7.78. The summed E-state index contributed by atoms with van der Waals surface area (Å²) in [5.41, 5.74) is 0.337. The Balaban J connectivity index is 1.81. The molecule has 0 saturated heterocycles. The number of halogens is 3. The van der Waals surface area contributed by atoms with Gasteiger partial charge in [-0.15, -0.1) is 0 Å². The van der Waals surface area contributed by atoms with Gasteiger partial charge in [0.25, 0.3) is 5.91 Å². The molecule has 3 rings (SSSR count). The molecule has 0 atom stereocenters. The Morgan fingerprint density at radius 3 is 2.13 bits per heavy atom. The number of amides is 1. The van der Waals surface area contributed by atoms with E-state index in [0.29, 0.717) is 17.8 Å². The van der Waals surface area contributed by atoms with E-state index < -0.39 is 11.7 Å². The smallest absolute Gasteiger partial charge is 0.348 e. The molecule has 166 valence electrons. The number of pyridine rings is 1. The maximum Gasteiger partial charge on any atom is 0.417 e. The van der Waals surface area contributed by atoms with Crippen LogP contribution in [0.2, 0.25) is 0 Å². The molecule has 1 saturated carbocycles. The van der Waals surface area contributed by atoms with Crippen LogP contribution >= 0.6 is 0 Å². The normalized spacial score (nSPS) is 18.0. The Morgan fingerprint density at radius 1 is 1.03 bits per heavy atom. The van der Waals surface area contributed by atoms with Crippen molar-refractivity contribution in [2.75, 3.05) is 0 Å². The SMILES string of the molecule is CCc1nc2ccc(C(F)(F)F)cn2c1C(=O)NC1CCCCCCCCCCC1. The molecule has 1 amide bonds. The molecule has 2 aromatic heterocycles. The van der Waals surface area contributed by atoms with E-state index in [4.69, 9.17) is 0 Å². The molecule has 1 N–H and O–H groups in total. The molecular weight excluding hydrogens is 391 g/mol. The van der Waals surface area contributed by atoms with Crippen LogP contribution in [0, 0.1) is 0 Å². The first kappa shape index (κ1) is 22.6. The van der Waals surface area contributed by atoms with E-state index in [2.05, 4.69) is 10.3 Å². The third kappa shape index (κ3) is 5.76. The highest BCUT2D eigenvalue weighted by atomic mass is 19.4. The molecule has 0 bridgehead atoms. The standard InChI is InChI=1S/C23H32F3N3O/c1-2-19-21(29-16-17(23(24,25)26)14-15-20(29)28-19)22(30)27-18-12-10-8-6-4-3-5-7-9-11-13-18/h14-16,18H,2-13H2,1H3,(H,27,30). The lowest BCUT2D eigenvalue weighted by Crippen LogP contribution is -2.36. The molecule has 4 nitrogen and oxygen atoms in total. The van der Waals surface area contributed by atoms with Gasteiger partial charge in [-0.3, -0.25) is 9.20 Å². The van der Waals surface area contributed by atoms with E-state index in [1.165, 1.54) is 42.6 Å². The number of hydrogen-bond donors (Lipinski definition) is 1. The largest absolute Gasteiger partial charge is 0.417 e. The number of rotatable bonds is 3. The van der Waals surface area contributed by atoms with Crippen molar-refractivity contribution in [3.63, 3.8) is 0 Å². The Labute approximate surface area is 176 Å². The number of alkyl halides is 3. The fourth-order valence-corrected chi connectivity index (χ4v) is 4.31. The van der Waals surface area contributed by atoms with Crippen LogP contribution in [0.25, 0.3) is 5.65 Å². The lowest BCUT2D eigenvalue weighted by atomic mass is 9.98. The van der Waals surface area contributed by atoms with Crippen LogP contribution in [0.1, 0.15) is 99.3 Å². The second-order valence-electron chi connectivity index (χ2n) is 8.33. The van der Waals surface area contributed by atoms with E-state index in [-0.39, 0.29) is 17.6 Å². The van der Waals surface area contributed by atoms with Crippen LogP contribution in [0.4, 0.5) is 13.2 Å². The van der Waals surface area contributed by atoms with Crippen LogP contribution in [0.3, 0.4) is 0 Å². The molecule has 2 heterocycles. The van der Waals surface area contributed by atoms with Gasteiger partial charge in [0.05, 0.1) is 11.3 Å². The average molecular weight is 424 g/mol. The first-order chi connectivity index (χ1) is 14.4. The Morgan fingerprint density at radius 2 is 1.60 bits per heavy atom. The zero-order valence-electron chi connectivity index (χ0n) is 17.7. The molecule has 7 heteroatoms. The fraction of sp³-hybridized carbons (Fsp3) is 0.652. The number of carbonyl (C=O) groups is 1. The van der Waals surface area contributed by atoms with Crippen molar-refractivity contribution in [1.29, 1.82) is 0 Å². The summed E-state index contributed by atoms with van der Waals surface area (Å²) >= 11 is 0. The third-order valence-corrected chi connectivity index (χ3v) is 6.01. The number of hydrogen-bond acceptors (Lipinski definition) is 2. The number of aromatic nitrogens is 2. The molecule has 0 radical (unpaired) electrons. The highest BCUT2D eigenvalue weighted by molar-refractivity contribution is 5.95. The second-order valence-corrected chi connectivity index (χ2v) is 8.33. The van der Waals surface area contributed by atoms with Crippen molar-refractivity contribution < 1.29 is 18.0 Å². The molecule has 1 aliphatic carbocycles. The molecule has 2 aromatic rings. The number of carbonyl (C=O) groups excluding carboxylic acids is 1. The molecule has 30 heavy (non-hydrogen) atoms. The first-order valence-electron chi connectivity index (χ1n) is 11.3. The highest BCUT2D eigenvalue weighted by Gasteiger charge is 2.32. The lowest BCUT2D eigenvalue weighted by molar-refractivity contribution is -0.137. The van der Waals surface area contributed by atoms with Gasteiger partial charge in [-0.25, -0.2) is 4.98 Å². The van der Waals surface area contributed by atoms with E-state index in [1.54, 1.807) is 0 Å². The summed E-state index contributed by atoms with van der Waals surface area (Å²) in [5.74, 6) is -0.323. The molecule has 0 aromatic carbocycles. The van der Waals surface area contributed by atoms with E-state index in [0.717, 1.165) is 50.8 Å². The molecule has 1 aliphatic rings. The minimum atomic E-state index is -4.47. The summed E-state index contributed by atoms with van der Waals surface area (Å²) in [6.07, 6.45) is 9.62. The van der Waals surface area contributed by atoms with Crippen LogP contribution in [0.15, 0.2) is 18.3 Å². The second kappa shape index (κ2) is 10.3. The van der Waals surface area contributed by atoms with Gasteiger partial charge < -0.3 is 5.32 Å². The van der Waals surface area contributed by atoms with Gasteiger partial charge in [0, 0.05) is 12.2 Å². The topological polar surface area (TPSA) is 46.4 Å². The zero-order valence-corrected chi connectivity index (χ0v) is 17.7. The number of nitrogens with one attached hydrogen (secondary N) is 1. The van der Waals surface area contributed by atoms with Crippen molar-refractivity contribution in [3.8, 4) is 0 Å². The van der Waals surface area contributed by atoms with E-state index >= 15 is 0 Å². The van der Waals surface area contributed by atoms with Gasteiger partial charge in [-0.2, -0.15) is 13.2 Å². The van der Waals surface area contributed by atoms with Gasteiger partial charge in [-0.05, 0) is 31.4 Å². The minimum absolute atomic E-state index is 0.0537. The summed E-state index contributed by atoms with van der Waals surface area (Å²) < 4.78 is 40.9. The maximum atomic E-state index is 13.2. The fourth-order valence-electron chi connectivity index (χ4n) is 4.31. The number of imidazole rings is 1. The first-order valence-corrected chi connectivity index (χ1v) is 11.3. The number of aryl methyl sites for hydroxylation is 1. The third-order valence-electron chi connectivity index (χ3n) is 6.01. The van der Waals surface area contributed by atoms with Gasteiger partial charge in [0.15, 0.2) is 0 Å². The number of nitrogens with zero attached hydrogens (tertiary/aromatic N) is 2. The summed E-state index contributed by atoms with van der Waals surface area (Å²) in [6, 6.07) is 2.39. The minimum Gasteiger partial charge on any atom is -0.348 e. The summed E-state index contributed by atoms with van der Waals surface area (Å²) in [5, 5.41) is 3.12. The monoisotopic (exact) mass is 423 g/mol. The summed E-state index contributed by atoms with van der Waals surface area (Å²) in [6.45, 7) is 1.86. The zero-order chi connectivity index (χ0) is 21.6. The van der Waals surface area contributed by atoms with Crippen molar-refractivity contribution in [2.24, 2.45) is 0 Å². The Bertz CT molecular complexity index is 832. The molecular formula is C23H32F3N3O. The van der Waals surface area contributed by atoms with Crippen molar-refractivity contribution in [2.45, 2.75) is 96.2 Å². The van der Waals surface area contributed by atoms with Gasteiger partial charge in [0.2, 0.25) is 0 Å². The summed E-state index contributed by atoms with van der Waals surface area (Å²) in [7, 11) is 0. The van der Waals surface area contributed by atoms with Crippen LogP contribution in [-0.4, -0.2) is 21.3 Å². The molecule has 0 spiro atoms. The van der Waals surface area contributed by atoms with Crippen LogP contribution in [-0.2, 0) is 12.6 Å². The predicted octanol–water partition coefficient (Wildman–Crippen LogP) is 6.32. The quantitative estimate of drug-likeness (QED) is 0.628. The highest BCUT2D eigenvalue weighted by Crippen LogP contribution is 2.30. The molecule has 0 aliphatic heterocycles. The average Bonchev–Trinajstić information content (AvgIpc) is 3.07. The van der Waals surface area contributed by atoms with Crippen LogP contribution in [0.5, 0.6) is 0 Å². The van der Waals surface area contributed by atoms with Crippen LogP contribution < -0.4 is 5.32 Å².